The van der Waals surface area contributed by atoms with Crippen LogP contribution in [0, 0.1) is 5.82 Å². The van der Waals surface area contributed by atoms with Crippen molar-refractivity contribution in [3.63, 3.8) is 0 Å². The zero-order valence-corrected chi connectivity index (χ0v) is 18.0. The molecular weight excluding hydrogens is 448 g/mol. The highest BCUT2D eigenvalue weighted by Gasteiger charge is 2.30. The first-order valence-corrected chi connectivity index (χ1v) is 10.4. The molecule has 0 atom stereocenters. The Balaban J connectivity index is 1.47. The number of rotatable bonds is 8. The van der Waals surface area contributed by atoms with E-state index in [-0.39, 0.29) is 11.6 Å². The third-order valence-corrected chi connectivity index (χ3v) is 5.13. The molecule has 174 valence electrons. The average molecular weight is 468 g/mol. The quantitative estimate of drug-likeness (QED) is 0.214. The smallest absolute Gasteiger partial charge is 0.486 e. The molecule has 1 heterocycles. The van der Waals surface area contributed by atoms with Crippen molar-refractivity contribution in [2.24, 2.45) is 0 Å². The van der Waals surface area contributed by atoms with Gasteiger partial charge in [-0.25, -0.2) is 14.4 Å². The Morgan fingerprint density at radius 1 is 0.882 bits per heavy atom. The summed E-state index contributed by atoms with van der Waals surface area (Å²) in [5.74, 6) is 0.417. The number of alkyl halides is 3. The first kappa shape index (κ1) is 23.2. The third-order valence-electron chi connectivity index (χ3n) is 5.13. The second-order valence-electron chi connectivity index (χ2n) is 7.51. The molecule has 0 spiro atoms. The van der Waals surface area contributed by atoms with Gasteiger partial charge in [0.2, 0.25) is 0 Å². The molecule has 0 unspecified atom stereocenters. The van der Waals surface area contributed by atoms with Gasteiger partial charge in [-0.05, 0) is 47.6 Å². The lowest BCUT2D eigenvalue weighted by Crippen LogP contribution is -2.17. The van der Waals surface area contributed by atoms with Crippen LogP contribution in [-0.4, -0.2) is 22.9 Å². The number of nitrogens with zero attached hydrogens (tertiary/aromatic N) is 2. The van der Waals surface area contributed by atoms with E-state index in [4.69, 9.17) is 4.74 Å². The van der Waals surface area contributed by atoms with Crippen molar-refractivity contribution < 1.29 is 27.0 Å². The highest BCUT2D eigenvalue weighted by atomic mass is 19.4. The first-order chi connectivity index (χ1) is 16.3. The molecule has 0 saturated carbocycles. The van der Waals surface area contributed by atoms with Crippen molar-refractivity contribution >= 4 is 10.8 Å². The predicted octanol–water partition coefficient (Wildman–Crippen LogP) is 6.68. The molecule has 4 aromatic rings. The minimum absolute atomic E-state index is 0.285. The van der Waals surface area contributed by atoms with Crippen molar-refractivity contribution in [3.8, 4) is 22.9 Å². The molecule has 0 aliphatic carbocycles. The molecule has 1 aromatic heterocycles. The van der Waals surface area contributed by atoms with Crippen molar-refractivity contribution in [2.45, 2.75) is 19.2 Å². The van der Waals surface area contributed by atoms with Gasteiger partial charge in [0, 0.05) is 10.9 Å². The van der Waals surface area contributed by atoms with Gasteiger partial charge in [-0.3, -0.25) is 0 Å². The molecule has 0 bridgehead atoms. The van der Waals surface area contributed by atoms with Crippen molar-refractivity contribution in [3.05, 3.63) is 96.6 Å². The summed E-state index contributed by atoms with van der Waals surface area (Å²) in [7, 11) is 0. The molecule has 0 N–H and O–H groups in total. The number of aromatic nitrogens is 2. The molecule has 0 amide bonds. The lowest BCUT2D eigenvalue weighted by molar-refractivity contribution is -0.274. The Hall–Kier alpha value is -3.94. The Morgan fingerprint density at radius 3 is 2.29 bits per heavy atom. The Morgan fingerprint density at radius 2 is 1.62 bits per heavy atom. The molecule has 0 aliphatic rings. The lowest BCUT2D eigenvalue weighted by Gasteiger charge is -2.10. The van der Waals surface area contributed by atoms with E-state index in [1.54, 1.807) is 48.8 Å². The summed E-state index contributed by atoms with van der Waals surface area (Å²) in [6.45, 7) is 3.95. The van der Waals surface area contributed by atoms with Crippen molar-refractivity contribution in [1.29, 1.82) is 0 Å². The van der Waals surface area contributed by atoms with Crippen LogP contribution in [-0.2, 0) is 12.8 Å². The normalized spacial score (nSPS) is 11.4. The molecular formula is C26H20F4N2O2. The number of hydrogen-bond acceptors (Lipinski definition) is 4. The fourth-order valence-corrected chi connectivity index (χ4v) is 3.50. The van der Waals surface area contributed by atoms with Gasteiger partial charge in [0.15, 0.2) is 11.6 Å². The minimum atomic E-state index is -4.73. The summed E-state index contributed by atoms with van der Waals surface area (Å²) in [5.41, 5.74) is 2.05. The van der Waals surface area contributed by atoms with Gasteiger partial charge in [-0.1, -0.05) is 49.1 Å². The molecule has 4 rings (SSSR count). The van der Waals surface area contributed by atoms with Gasteiger partial charge in [-0.15, -0.1) is 13.2 Å². The lowest BCUT2D eigenvalue weighted by atomic mass is 9.99. The van der Waals surface area contributed by atoms with E-state index >= 15 is 4.39 Å². The molecule has 4 nitrogen and oxygen atoms in total. The summed E-state index contributed by atoms with van der Waals surface area (Å²) in [4.78, 5) is 8.60. The SMILES string of the molecule is C=CCOc1cnc(-c2ccc3c(F)c(CCc4ccc(OC(F)(F)F)cc4)ccc3c2)nc1. The number of ether oxygens (including phenoxy) is 2. The topological polar surface area (TPSA) is 44.2 Å². The molecule has 0 aliphatic heterocycles. The van der Waals surface area contributed by atoms with Gasteiger partial charge in [0.1, 0.15) is 18.2 Å². The molecule has 0 radical (unpaired) electrons. The maximum Gasteiger partial charge on any atom is 0.573 e. The van der Waals surface area contributed by atoms with Crippen molar-refractivity contribution in [2.75, 3.05) is 6.61 Å². The third kappa shape index (κ3) is 5.70. The van der Waals surface area contributed by atoms with Crippen LogP contribution in [0.1, 0.15) is 11.1 Å². The van der Waals surface area contributed by atoms with E-state index in [2.05, 4.69) is 21.3 Å². The van der Waals surface area contributed by atoms with Crippen LogP contribution in [0.5, 0.6) is 11.5 Å². The highest BCUT2D eigenvalue weighted by molar-refractivity contribution is 5.87. The van der Waals surface area contributed by atoms with Crippen LogP contribution in [0.2, 0.25) is 0 Å². The second-order valence-corrected chi connectivity index (χ2v) is 7.51. The average Bonchev–Trinajstić information content (AvgIpc) is 2.82. The largest absolute Gasteiger partial charge is 0.573 e. The number of aryl methyl sites for hydroxylation is 2. The van der Waals surface area contributed by atoms with Gasteiger partial charge >= 0.3 is 6.36 Å². The van der Waals surface area contributed by atoms with E-state index < -0.39 is 6.36 Å². The second kappa shape index (κ2) is 9.91. The number of fused-ring (bicyclic) bond motifs is 1. The van der Waals surface area contributed by atoms with E-state index in [1.807, 2.05) is 12.1 Å². The van der Waals surface area contributed by atoms with Gasteiger partial charge < -0.3 is 9.47 Å². The molecule has 3 aromatic carbocycles. The van der Waals surface area contributed by atoms with Crippen LogP contribution >= 0.6 is 0 Å². The summed E-state index contributed by atoms with van der Waals surface area (Å²) >= 11 is 0. The van der Waals surface area contributed by atoms with Crippen molar-refractivity contribution in [1.82, 2.24) is 9.97 Å². The predicted molar refractivity (Wildman–Crippen MR) is 121 cm³/mol. The van der Waals surface area contributed by atoms with E-state index in [0.717, 1.165) is 11.1 Å². The fraction of sp³-hybridized carbons (Fsp3) is 0.154. The summed E-state index contributed by atoms with van der Waals surface area (Å²) in [5, 5.41) is 1.18. The van der Waals surface area contributed by atoms with E-state index in [0.29, 0.717) is 47.4 Å². The van der Waals surface area contributed by atoms with E-state index in [9.17, 15) is 13.2 Å². The number of benzene rings is 3. The van der Waals surface area contributed by atoms with Gasteiger partial charge in [0.05, 0.1) is 12.4 Å². The summed E-state index contributed by atoms with van der Waals surface area (Å²) in [6, 6.07) is 14.4. The zero-order valence-electron chi connectivity index (χ0n) is 18.0. The minimum Gasteiger partial charge on any atom is -0.486 e. The summed E-state index contributed by atoms with van der Waals surface area (Å²) in [6.07, 6.45) is 0.913. The van der Waals surface area contributed by atoms with Gasteiger partial charge in [-0.2, -0.15) is 0 Å². The zero-order chi connectivity index (χ0) is 24.1. The highest BCUT2D eigenvalue weighted by Crippen LogP contribution is 2.28. The van der Waals surface area contributed by atoms with E-state index in [1.165, 1.54) is 12.1 Å². The van der Waals surface area contributed by atoms with Crippen LogP contribution in [0.3, 0.4) is 0 Å². The van der Waals surface area contributed by atoms with Crippen LogP contribution < -0.4 is 9.47 Å². The standard InChI is InChI=1S/C26H20F4N2O2/c1-2-13-33-22-15-31-25(32-16-22)20-9-12-23-19(14-20)8-7-18(24(23)27)6-3-17-4-10-21(11-5-17)34-26(28,29)30/h2,4-5,7-12,14-16H,1,3,6,13H2. The maximum atomic E-state index is 15.1. The Bertz CT molecular complexity index is 1290. The number of halogens is 4. The van der Waals surface area contributed by atoms with Gasteiger partial charge in [0.25, 0.3) is 0 Å². The molecule has 0 saturated heterocycles. The fourth-order valence-electron chi connectivity index (χ4n) is 3.50. The maximum absolute atomic E-state index is 15.1. The monoisotopic (exact) mass is 468 g/mol. The first-order valence-electron chi connectivity index (χ1n) is 10.4. The molecule has 0 fully saturated rings. The Labute approximate surface area is 193 Å². The summed E-state index contributed by atoms with van der Waals surface area (Å²) < 4.78 is 61.2. The molecule has 8 heteroatoms. The van der Waals surface area contributed by atoms with Crippen LogP contribution in [0.15, 0.2) is 79.6 Å². The number of hydrogen-bond donors (Lipinski definition) is 0. The van der Waals surface area contributed by atoms with Crippen LogP contribution in [0.4, 0.5) is 17.6 Å². The molecule has 34 heavy (non-hydrogen) atoms. The Kier molecular flexibility index (Phi) is 6.77. The van der Waals surface area contributed by atoms with Crippen LogP contribution in [0.25, 0.3) is 22.2 Å².